The Morgan fingerprint density at radius 3 is 1.62 bits per heavy atom. The van der Waals surface area contributed by atoms with Crippen LogP contribution < -0.4 is 10.4 Å². The van der Waals surface area contributed by atoms with Crippen LogP contribution in [0.25, 0.3) is 44.8 Å². The summed E-state index contributed by atoms with van der Waals surface area (Å²) in [5.74, 6) is 0.760. The third-order valence-electron chi connectivity index (χ3n) is 12.3. The maximum absolute atomic E-state index is 5.00. The highest BCUT2D eigenvalue weighted by atomic mass is 32.2. The van der Waals surface area contributed by atoms with E-state index in [1.54, 1.807) is 0 Å². The zero-order chi connectivity index (χ0) is 39.8. The van der Waals surface area contributed by atoms with Crippen LogP contribution in [-0.2, 0) is 5.41 Å². The fourth-order valence-electron chi connectivity index (χ4n) is 9.80. The normalized spacial score (nSPS) is 14.0. The topological polar surface area (TPSA) is 29.0 Å². The van der Waals surface area contributed by atoms with Gasteiger partial charge in [-0.2, -0.15) is 23.2 Å². The molecule has 0 N–H and O–H groups in total. The van der Waals surface area contributed by atoms with E-state index in [1.807, 2.05) is 36.2 Å². The Bertz CT molecular complexity index is 3050. The number of aromatic nitrogens is 2. The summed E-state index contributed by atoms with van der Waals surface area (Å²) in [4.78, 5) is 15.0. The Kier molecular flexibility index (Phi) is 8.26. The standard InChI is InChI=1S/C54H36BN3S2/c1-35-56-47(36-17-5-2-6-18-36)34-48(57-35)37-29-30-52-42(31-37)44-33-40(32-43-41-23-11-16-28-51(41)59-55(60-52)53(43)44)58-49-26-14-12-24-45(49)54(38-19-7-3-8-20-38,39-21-9-4-10-22-39)46-25-13-15-27-50(46)58/h2-34H,1H3. The van der Waals surface area contributed by atoms with Gasteiger partial charge in [0.05, 0.1) is 28.2 Å². The van der Waals surface area contributed by atoms with Gasteiger partial charge in [0.25, 0.3) is 0 Å². The molecule has 12 rings (SSSR count). The molecule has 0 saturated carbocycles. The highest BCUT2D eigenvalue weighted by Crippen LogP contribution is 2.59. The van der Waals surface area contributed by atoms with E-state index in [9.17, 15) is 0 Å². The lowest BCUT2D eigenvalue weighted by Crippen LogP contribution is -2.38. The molecule has 0 saturated heterocycles. The van der Waals surface area contributed by atoms with Gasteiger partial charge >= 0.3 is 5.27 Å². The Balaban J connectivity index is 1.11. The van der Waals surface area contributed by atoms with Crippen LogP contribution in [0.2, 0.25) is 0 Å². The maximum atomic E-state index is 5.00. The molecule has 6 heteroatoms. The van der Waals surface area contributed by atoms with Gasteiger partial charge in [0, 0.05) is 26.6 Å². The smallest absolute Gasteiger partial charge is 0.310 e. The Morgan fingerprint density at radius 2 is 0.967 bits per heavy atom. The van der Waals surface area contributed by atoms with Crippen LogP contribution in [0.5, 0.6) is 0 Å². The van der Waals surface area contributed by atoms with E-state index in [4.69, 9.17) is 9.97 Å². The van der Waals surface area contributed by atoms with Gasteiger partial charge < -0.3 is 4.90 Å². The lowest BCUT2D eigenvalue weighted by Gasteiger charge is -2.46. The van der Waals surface area contributed by atoms with Crippen molar-refractivity contribution in [3.05, 3.63) is 228 Å². The molecule has 0 amide bonds. The van der Waals surface area contributed by atoms with Crippen LogP contribution in [0, 0.1) is 6.92 Å². The van der Waals surface area contributed by atoms with Gasteiger partial charge in [-0.25, -0.2) is 9.97 Å². The number of benzene rings is 8. The molecule has 0 radical (unpaired) electrons. The highest BCUT2D eigenvalue weighted by molar-refractivity contribution is 8.56. The zero-order valence-electron chi connectivity index (χ0n) is 32.8. The molecule has 3 aliphatic heterocycles. The molecule has 1 aromatic heterocycles. The van der Waals surface area contributed by atoms with E-state index in [0.717, 1.165) is 34.0 Å². The fourth-order valence-corrected chi connectivity index (χ4v) is 12.7. The number of fused-ring (bicyclic) bond motifs is 6. The van der Waals surface area contributed by atoms with E-state index >= 15 is 0 Å². The summed E-state index contributed by atoms with van der Waals surface area (Å²) in [6.07, 6.45) is 0. The lowest BCUT2D eigenvalue weighted by atomic mass is 9.62. The highest BCUT2D eigenvalue weighted by Gasteiger charge is 2.47. The number of para-hydroxylation sites is 2. The number of anilines is 3. The van der Waals surface area contributed by atoms with Crippen LogP contribution in [-0.4, -0.2) is 15.2 Å². The minimum Gasteiger partial charge on any atom is -0.310 e. The first-order valence-electron chi connectivity index (χ1n) is 20.4. The van der Waals surface area contributed by atoms with Gasteiger partial charge in [-0.3, -0.25) is 0 Å². The van der Waals surface area contributed by atoms with Gasteiger partial charge in [-0.15, -0.1) is 0 Å². The maximum Gasteiger partial charge on any atom is 0.318 e. The van der Waals surface area contributed by atoms with Crippen molar-refractivity contribution < 1.29 is 0 Å². The first-order chi connectivity index (χ1) is 29.6. The predicted molar refractivity (Wildman–Crippen MR) is 252 cm³/mol. The third kappa shape index (κ3) is 5.41. The van der Waals surface area contributed by atoms with Gasteiger partial charge in [0.15, 0.2) is 0 Å². The summed E-state index contributed by atoms with van der Waals surface area (Å²) < 4.78 is 0. The molecule has 3 nitrogen and oxygen atoms in total. The second kappa shape index (κ2) is 14.0. The monoisotopic (exact) mass is 801 g/mol. The fraction of sp³-hybridized carbons (Fsp3) is 0.0370. The molecule has 0 fully saturated rings. The zero-order valence-corrected chi connectivity index (χ0v) is 34.4. The summed E-state index contributed by atoms with van der Waals surface area (Å²) in [6, 6.07) is 73.5. The first-order valence-corrected chi connectivity index (χ1v) is 22.2. The molecular weight excluding hydrogens is 766 g/mol. The summed E-state index contributed by atoms with van der Waals surface area (Å²) in [5.41, 5.74) is 18.5. The van der Waals surface area contributed by atoms with Crippen LogP contribution in [0.4, 0.5) is 17.1 Å². The average molecular weight is 802 g/mol. The number of hydrogen-bond donors (Lipinski definition) is 0. The quantitative estimate of drug-likeness (QED) is 0.162. The molecule has 0 bridgehead atoms. The third-order valence-corrected chi connectivity index (χ3v) is 15.0. The summed E-state index contributed by atoms with van der Waals surface area (Å²) in [7, 11) is 0. The van der Waals surface area contributed by atoms with Crippen molar-refractivity contribution >= 4 is 51.0 Å². The lowest BCUT2D eigenvalue weighted by molar-refractivity contribution is 0.731. The molecule has 9 aromatic rings. The molecule has 4 heterocycles. The van der Waals surface area contributed by atoms with E-state index in [1.165, 1.54) is 71.1 Å². The van der Waals surface area contributed by atoms with Crippen molar-refractivity contribution in [3.63, 3.8) is 0 Å². The summed E-state index contributed by atoms with van der Waals surface area (Å²) in [6.45, 7) is 1.99. The Labute approximate surface area is 359 Å². The molecule has 8 aromatic carbocycles. The average Bonchev–Trinajstić information content (AvgIpc) is 3.31. The molecular formula is C54H36BN3S2. The van der Waals surface area contributed by atoms with Gasteiger partial charge in [0.2, 0.25) is 0 Å². The minimum absolute atomic E-state index is 0.230. The van der Waals surface area contributed by atoms with Gasteiger partial charge in [-0.05, 0) is 105 Å². The molecule has 0 unspecified atom stereocenters. The number of hydrogen-bond acceptors (Lipinski definition) is 5. The predicted octanol–water partition coefficient (Wildman–Crippen LogP) is 13.5. The molecule has 3 aliphatic rings. The van der Waals surface area contributed by atoms with Crippen molar-refractivity contribution in [2.45, 2.75) is 22.1 Å². The molecule has 0 spiro atoms. The Hall–Kier alpha value is -6.60. The number of nitrogens with zero attached hydrogens (tertiary/aromatic N) is 3. The van der Waals surface area contributed by atoms with Crippen LogP contribution in [0.15, 0.2) is 210 Å². The van der Waals surface area contributed by atoms with Crippen molar-refractivity contribution in [3.8, 4) is 44.8 Å². The van der Waals surface area contributed by atoms with E-state index in [2.05, 4.69) is 199 Å². The molecule has 0 atom stereocenters. The van der Waals surface area contributed by atoms with Crippen molar-refractivity contribution in [1.82, 2.24) is 9.97 Å². The van der Waals surface area contributed by atoms with E-state index < -0.39 is 5.41 Å². The molecule has 60 heavy (non-hydrogen) atoms. The van der Waals surface area contributed by atoms with E-state index in [-0.39, 0.29) is 5.27 Å². The van der Waals surface area contributed by atoms with Gasteiger partial charge in [-0.1, -0.05) is 152 Å². The summed E-state index contributed by atoms with van der Waals surface area (Å²) in [5, 5.41) is 0.230. The van der Waals surface area contributed by atoms with Crippen LogP contribution in [0.1, 0.15) is 28.1 Å². The van der Waals surface area contributed by atoms with E-state index in [0.29, 0.717) is 0 Å². The van der Waals surface area contributed by atoms with Crippen LogP contribution in [0.3, 0.4) is 0 Å². The second-order valence-corrected chi connectivity index (χ2v) is 18.2. The minimum atomic E-state index is -0.532. The van der Waals surface area contributed by atoms with Crippen molar-refractivity contribution in [1.29, 1.82) is 0 Å². The number of rotatable bonds is 5. The SMILES string of the molecule is Cc1nc(-c2ccccc2)cc(-c2ccc3c(c2)-c2cc(N4c5ccccc5C(c5ccccc5)(c5ccccc5)c5ccccc54)cc4c2B(Sc2ccccc2-4)S3)n1. The van der Waals surface area contributed by atoms with Crippen molar-refractivity contribution in [2.75, 3.05) is 4.90 Å². The second-order valence-electron chi connectivity index (χ2n) is 15.6. The molecule has 0 aliphatic carbocycles. The number of aryl methyl sites for hydroxylation is 1. The van der Waals surface area contributed by atoms with Gasteiger partial charge in [0.1, 0.15) is 5.82 Å². The molecule has 282 valence electrons. The van der Waals surface area contributed by atoms with Crippen LogP contribution >= 0.6 is 23.2 Å². The summed E-state index contributed by atoms with van der Waals surface area (Å²) >= 11 is 3.94. The largest absolute Gasteiger partial charge is 0.318 e. The van der Waals surface area contributed by atoms with Crippen molar-refractivity contribution in [2.24, 2.45) is 0 Å². The first kappa shape index (κ1) is 35.4. The Morgan fingerprint density at radius 1 is 0.450 bits per heavy atom.